The Morgan fingerprint density at radius 3 is 2.84 bits per heavy atom. The highest BCUT2D eigenvalue weighted by molar-refractivity contribution is 9.10. The second kappa shape index (κ2) is 6.25. The fourth-order valence-electron chi connectivity index (χ4n) is 2.52. The first-order chi connectivity index (χ1) is 9.06. The monoisotopic (exact) mass is 327 g/mol. The van der Waals surface area contributed by atoms with Gasteiger partial charge in [-0.15, -0.1) is 0 Å². The van der Waals surface area contributed by atoms with E-state index in [9.17, 15) is 5.11 Å². The number of hydrogen-bond donors (Lipinski definition) is 2. The van der Waals surface area contributed by atoms with Gasteiger partial charge in [-0.05, 0) is 46.8 Å². The lowest BCUT2D eigenvalue weighted by Crippen LogP contribution is -2.51. The summed E-state index contributed by atoms with van der Waals surface area (Å²) in [6, 6.07) is 8.02. The van der Waals surface area contributed by atoms with Crippen LogP contribution < -0.4 is 5.32 Å². The minimum Gasteiger partial charge on any atom is -0.394 e. The van der Waals surface area contributed by atoms with Gasteiger partial charge in [-0.3, -0.25) is 0 Å². The molecule has 1 aliphatic rings. The molecule has 2 rings (SSSR count). The second-order valence-electron chi connectivity index (χ2n) is 5.65. The number of aliphatic hydroxyl groups is 1. The predicted octanol–water partition coefficient (Wildman–Crippen LogP) is 3.43. The number of halogens is 1. The van der Waals surface area contributed by atoms with E-state index in [1.165, 1.54) is 0 Å². The van der Waals surface area contributed by atoms with Gasteiger partial charge in [-0.2, -0.15) is 0 Å². The van der Waals surface area contributed by atoms with Crippen LogP contribution in [0, 0.1) is 5.92 Å². The predicted molar refractivity (Wildman–Crippen MR) is 81.4 cm³/mol. The Hall–Kier alpha value is -0.580. The molecule has 0 aliphatic carbocycles. The van der Waals surface area contributed by atoms with Gasteiger partial charge in [-0.25, -0.2) is 0 Å². The number of aliphatic hydroxyl groups excluding tert-OH is 1. The first kappa shape index (κ1) is 14.8. The molecule has 3 nitrogen and oxygen atoms in total. The van der Waals surface area contributed by atoms with Crippen molar-refractivity contribution in [2.24, 2.45) is 5.92 Å². The summed E-state index contributed by atoms with van der Waals surface area (Å²) in [5.41, 5.74) is 0.748. The number of nitrogens with one attached hydrogen (secondary N) is 1. The van der Waals surface area contributed by atoms with Crippen LogP contribution in [0.25, 0.3) is 0 Å². The van der Waals surface area contributed by atoms with E-state index in [2.05, 4.69) is 35.1 Å². The van der Waals surface area contributed by atoms with Crippen LogP contribution in [0.4, 0.5) is 5.69 Å². The van der Waals surface area contributed by atoms with Crippen LogP contribution in [-0.2, 0) is 4.74 Å². The molecule has 1 heterocycles. The molecule has 0 radical (unpaired) electrons. The Labute approximate surface area is 123 Å². The summed E-state index contributed by atoms with van der Waals surface area (Å²) in [5, 5.41) is 13.4. The van der Waals surface area contributed by atoms with Crippen molar-refractivity contribution in [1.29, 1.82) is 0 Å². The van der Waals surface area contributed by atoms with Crippen molar-refractivity contribution < 1.29 is 9.84 Å². The summed E-state index contributed by atoms with van der Waals surface area (Å²) in [4.78, 5) is 0. The van der Waals surface area contributed by atoms with Gasteiger partial charge >= 0.3 is 0 Å². The molecule has 0 spiro atoms. The molecular weight excluding hydrogens is 306 g/mol. The van der Waals surface area contributed by atoms with E-state index < -0.39 is 0 Å². The van der Waals surface area contributed by atoms with Gasteiger partial charge in [0, 0.05) is 16.8 Å². The molecule has 1 aliphatic heterocycles. The van der Waals surface area contributed by atoms with Crippen molar-refractivity contribution >= 4 is 21.6 Å². The van der Waals surface area contributed by atoms with E-state index in [4.69, 9.17) is 4.74 Å². The quantitative estimate of drug-likeness (QED) is 0.890. The summed E-state index contributed by atoms with van der Waals surface area (Å²) in [7, 11) is 0. The Balaban J connectivity index is 2.16. The van der Waals surface area contributed by atoms with Crippen LogP contribution in [0.3, 0.4) is 0 Å². The summed E-state index contributed by atoms with van der Waals surface area (Å²) in [5.74, 6) is 0.465. The highest BCUT2D eigenvalue weighted by Gasteiger charge is 2.37. The van der Waals surface area contributed by atoms with Crippen molar-refractivity contribution in [3.05, 3.63) is 28.7 Å². The normalized spacial score (nSPS) is 27.5. The van der Waals surface area contributed by atoms with E-state index in [1.54, 1.807) is 0 Å². The maximum absolute atomic E-state index is 9.86. The van der Waals surface area contributed by atoms with Gasteiger partial charge in [0.05, 0.1) is 18.2 Å². The van der Waals surface area contributed by atoms with Gasteiger partial charge in [0.15, 0.2) is 0 Å². The van der Waals surface area contributed by atoms with E-state index >= 15 is 0 Å². The van der Waals surface area contributed by atoms with Gasteiger partial charge in [0.25, 0.3) is 0 Å². The van der Waals surface area contributed by atoms with Gasteiger partial charge < -0.3 is 15.2 Å². The zero-order chi connectivity index (χ0) is 13.9. The van der Waals surface area contributed by atoms with Crippen LogP contribution in [0.2, 0.25) is 0 Å². The first-order valence-electron chi connectivity index (χ1n) is 6.81. The molecule has 1 aromatic carbocycles. The highest BCUT2D eigenvalue weighted by atomic mass is 79.9. The zero-order valence-electron chi connectivity index (χ0n) is 11.5. The standard InChI is InChI=1S/C15H22BrNO2/c1-11(2)14-9-15(10-18,7-8-19-14)17-13-6-4-3-5-12(13)16/h3-6,11,14,17-18H,7-10H2,1-2H3. The second-order valence-corrected chi connectivity index (χ2v) is 6.51. The van der Waals surface area contributed by atoms with Crippen molar-refractivity contribution in [2.75, 3.05) is 18.5 Å². The minimum absolute atomic E-state index is 0.126. The third kappa shape index (κ3) is 3.50. The molecule has 1 saturated heterocycles. The lowest BCUT2D eigenvalue weighted by Gasteiger charge is -2.42. The van der Waals surface area contributed by atoms with Crippen LogP contribution in [-0.4, -0.2) is 30.0 Å². The van der Waals surface area contributed by atoms with Crippen molar-refractivity contribution in [1.82, 2.24) is 0 Å². The molecule has 1 fully saturated rings. The lowest BCUT2D eigenvalue weighted by molar-refractivity contribution is -0.0481. The Kier molecular flexibility index (Phi) is 4.87. The molecule has 2 atom stereocenters. The number of para-hydroxylation sites is 1. The van der Waals surface area contributed by atoms with E-state index in [0.717, 1.165) is 23.0 Å². The van der Waals surface area contributed by atoms with Gasteiger partial charge in [0.1, 0.15) is 0 Å². The first-order valence-corrected chi connectivity index (χ1v) is 7.61. The minimum atomic E-state index is -0.281. The van der Waals surface area contributed by atoms with Crippen molar-refractivity contribution in [2.45, 2.75) is 38.3 Å². The van der Waals surface area contributed by atoms with Gasteiger partial charge in [-0.1, -0.05) is 26.0 Å². The van der Waals surface area contributed by atoms with E-state index in [0.29, 0.717) is 12.5 Å². The molecule has 19 heavy (non-hydrogen) atoms. The molecule has 1 aromatic rings. The third-order valence-electron chi connectivity index (χ3n) is 3.82. The van der Waals surface area contributed by atoms with Crippen LogP contribution in [0.1, 0.15) is 26.7 Å². The maximum atomic E-state index is 9.86. The smallest absolute Gasteiger partial charge is 0.0663 e. The molecule has 0 aromatic heterocycles. The molecule has 2 N–H and O–H groups in total. The van der Waals surface area contributed by atoms with Crippen molar-refractivity contribution in [3.63, 3.8) is 0 Å². The average Bonchev–Trinajstić information content (AvgIpc) is 2.42. The molecular formula is C15H22BrNO2. The van der Waals surface area contributed by atoms with Crippen molar-refractivity contribution in [3.8, 4) is 0 Å². The number of ether oxygens (including phenoxy) is 1. The maximum Gasteiger partial charge on any atom is 0.0663 e. The van der Waals surface area contributed by atoms with Gasteiger partial charge in [0.2, 0.25) is 0 Å². The lowest BCUT2D eigenvalue weighted by atomic mass is 9.83. The van der Waals surface area contributed by atoms with Crippen LogP contribution in [0.5, 0.6) is 0 Å². The Morgan fingerprint density at radius 2 is 2.21 bits per heavy atom. The fraction of sp³-hybridized carbons (Fsp3) is 0.600. The summed E-state index contributed by atoms with van der Waals surface area (Å²) in [6.07, 6.45) is 1.87. The summed E-state index contributed by atoms with van der Waals surface area (Å²) in [6.45, 7) is 5.15. The molecule has 0 bridgehead atoms. The Bertz CT molecular complexity index is 424. The number of benzene rings is 1. The third-order valence-corrected chi connectivity index (χ3v) is 4.52. The highest BCUT2D eigenvalue weighted by Crippen LogP contribution is 2.33. The van der Waals surface area contributed by atoms with Crippen LogP contribution in [0.15, 0.2) is 28.7 Å². The fourth-order valence-corrected chi connectivity index (χ4v) is 2.91. The number of hydrogen-bond acceptors (Lipinski definition) is 3. The topological polar surface area (TPSA) is 41.5 Å². The molecule has 2 unspecified atom stereocenters. The Morgan fingerprint density at radius 1 is 1.47 bits per heavy atom. The van der Waals surface area contributed by atoms with E-state index in [-0.39, 0.29) is 18.2 Å². The SMILES string of the molecule is CC(C)C1CC(CO)(Nc2ccccc2Br)CCO1. The molecule has 4 heteroatoms. The summed E-state index contributed by atoms with van der Waals surface area (Å²) >= 11 is 3.55. The molecule has 0 amide bonds. The largest absolute Gasteiger partial charge is 0.394 e. The van der Waals surface area contributed by atoms with E-state index in [1.807, 2.05) is 24.3 Å². The number of rotatable bonds is 4. The summed E-state index contributed by atoms with van der Waals surface area (Å²) < 4.78 is 6.83. The zero-order valence-corrected chi connectivity index (χ0v) is 13.1. The number of anilines is 1. The molecule has 0 saturated carbocycles. The molecule has 106 valence electrons. The average molecular weight is 328 g/mol. The van der Waals surface area contributed by atoms with Crippen LogP contribution >= 0.6 is 15.9 Å².